The van der Waals surface area contributed by atoms with Gasteiger partial charge in [-0.25, -0.2) is 0 Å². The maximum Gasteiger partial charge on any atom is 0.0918 e. The van der Waals surface area contributed by atoms with Crippen LogP contribution < -0.4 is 0 Å². The highest BCUT2D eigenvalue weighted by atomic mass is 16.3. The molecule has 0 heterocycles. The third kappa shape index (κ3) is 2.25. The Morgan fingerprint density at radius 1 is 1.73 bits per heavy atom. The predicted molar refractivity (Wildman–Crippen MR) is 48.0 cm³/mol. The van der Waals surface area contributed by atoms with Gasteiger partial charge in [-0.1, -0.05) is 24.1 Å². The van der Waals surface area contributed by atoms with Crippen LogP contribution in [0, 0.1) is 17.8 Å². The molecule has 0 aromatic carbocycles. The molecule has 0 bridgehead atoms. The molecule has 2 atom stereocenters. The Balaban J connectivity index is 4.52. The number of rotatable bonds is 3. The topological polar surface area (TPSA) is 20.2 Å². The van der Waals surface area contributed by atoms with Crippen LogP contribution in [0.15, 0.2) is 24.8 Å². The molecular formula is C10H14O. The van der Waals surface area contributed by atoms with Gasteiger partial charge in [0.25, 0.3) is 0 Å². The molecule has 0 rings (SSSR count). The maximum atomic E-state index is 9.47. The molecule has 0 amide bonds. The summed E-state index contributed by atoms with van der Waals surface area (Å²) in [6, 6.07) is 0. The average Bonchev–Trinajstić information content (AvgIpc) is 2.03. The van der Waals surface area contributed by atoms with Crippen LogP contribution in [0.1, 0.15) is 13.8 Å². The van der Waals surface area contributed by atoms with Crippen molar-refractivity contribution in [2.75, 3.05) is 0 Å². The maximum absolute atomic E-state index is 9.47. The van der Waals surface area contributed by atoms with Gasteiger partial charge < -0.3 is 5.11 Å². The van der Waals surface area contributed by atoms with Crippen molar-refractivity contribution in [3.8, 4) is 12.3 Å². The van der Waals surface area contributed by atoms with Crippen LogP contribution >= 0.6 is 0 Å². The first kappa shape index (κ1) is 10.0. The number of aliphatic hydroxyl groups excluding tert-OH is 1. The summed E-state index contributed by atoms with van der Waals surface area (Å²) < 4.78 is 0. The minimum absolute atomic E-state index is 0.644. The van der Waals surface area contributed by atoms with Gasteiger partial charge in [0.1, 0.15) is 0 Å². The van der Waals surface area contributed by atoms with Crippen LogP contribution in [0.2, 0.25) is 0 Å². The molecule has 0 aliphatic heterocycles. The SMILES string of the molecule is C#CC(C)(C=C)C(O)/C=C/C. The smallest absolute Gasteiger partial charge is 0.0918 e. The van der Waals surface area contributed by atoms with E-state index in [1.807, 2.05) is 6.92 Å². The van der Waals surface area contributed by atoms with Crippen molar-refractivity contribution in [1.29, 1.82) is 0 Å². The molecule has 11 heavy (non-hydrogen) atoms. The van der Waals surface area contributed by atoms with E-state index < -0.39 is 11.5 Å². The van der Waals surface area contributed by atoms with Crippen molar-refractivity contribution in [3.05, 3.63) is 24.8 Å². The van der Waals surface area contributed by atoms with Gasteiger partial charge in [-0.15, -0.1) is 13.0 Å². The van der Waals surface area contributed by atoms with Crippen LogP contribution in [0.5, 0.6) is 0 Å². The Labute approximate surface area is 68.4 Å². The molecule has 2 unspecified atom stereocenters. The fourth-order valence-electron chi connectivity index (χ4n) is 0.647. The quantitative estimate of drug-likeness (QED) is 0.480. The van der Waals surface area contributed by atoms with Gasteiger partial charge in [0.15, 0.2) is 0 Å². The summed E-state index contributed by atoms with van der Waals surface area (Å²) in [4.78, 5) is 0. The Kier molecular flexibility index (Phi) is 3.64. The van der Waals surface area contributed by atoms with Crippen LogP contribution in [0.25, 0.3) is 0 Å². The summed E-state index contributed by atoms with van der Waals surface area (Å²) in [5, 5.41) is 9.47. The standard InChI is InChI=1S/C10H14O/c1-5-8-9(11)10(4,6-2)7-3/h2,5,7-9,11H,3H2,1,4H3/b8-5+. The summed E-state index contributed by atoms with van der Waals surface area (Å²) in [6.45, 7) is 7.18. The van der Waals surface area contributed by atoms with Gasteiger partial charge in [0.2, 0.25) is 0 Å². The number of terminal acetylenes is 1. The lowest BCUT2D eigenvalue weighted by atomic mass is 9.85. The average molecular weight is 150 g/mol. The lowest BCUT2D eigenvalue weighted by Gasteiger charge is -2.22. The van der Waals surface area contributed by atoms with Crippen LogP contribution in [0.3, 0.4) is 0 Å². The second-order valence-electron chi connectivity index (χ2n) is 2.60. The Hall–Kier alpha value is -1.00. The summed E-state index contributed by atoms with van der Waals surface area (Å²) in [5.74, 6) is 2.49. The first-order valence-corrected chi connectivity index (χ1v) is 3.53. The largest absolute Gasteiger partial charge is 0.387 e. The molecule has 0 aromatic heterocycles. The van der Waals surface area contributed by atoms with E-state index in [1.165, 1.54) is 0 Å². The molecule has 1 N–H and O–H groups in total. The lowest BCUT2D eigenvalue weighted by molar-refractivity contribution is 0.150. The van der Waals surface area contributed by atoms with Crippen LogP contribution in [-0.4, -0.2) is 11.2 Å². The Morgan fingerprint density at radius 3 is 2.55 bits per heavy atom. The molecule has 0 fully saturated rings. The molecule has 0 saturated carbocycles. The molecule has 0 saturated heterocycles. The zero-order chi connectivity index (χ0) is 8.91. The van der Waals surface area contributed by atoms with E-state index in [0.717, 1.165) is 0 Å². The van der Waals surface area contributed by atoms with E-state index in [1.54, 1.807) is 25.2 Å². The fraction of sp³-hybridized carbons (Fsp3) is 0.400. The Morgan fingerprint density at radius 2 is 2.27 bits per heavy atom. The minimum Gasteiger partial charge on any atom is -0.387 e. The third-order valence-corrected chi connectivity index (χ3v) is 1.72. The van der Waals surface area contributed by atoms with E-state index in [-0.39, 0.29) is 0 Å². The van der Waals surface area contributed by atoms with E-state index in [4.69, 9.17) is 6.42 Å². The van der Waals surface area contributed by atoms with Crippen molar-refractivity contribution < 1.29 is 5.11 Å². The normalized spacial score (nSPS) is 18.7. The van der Waals surface area contributed by atoms with Gasteiger partial charge in [-0.3, -0.25) is 0 Å². The second-order valence-corrected chi connectivity index (χ2v) is 2.60. The molecule has 0 aliphatic carbocycles. The highest BCUT2D eigenvalue weighted by Gasteiger charge is 2.24. The Bertz CT molecular complexity index is 197. The molecular weight excluding hydrogens is 136 g/mol. The first-order chi connectivity index (χ1) is 5.10. The van der Waals surface area contributed by atoms with Crippen LogP contribution in [0.4, 0.5) is 0 Å². The third-order valence-electron chi connectivity index (χ3n) is 1.72. The molecule has 0 radical (unpaired) electrons. The summed E-state index contributed by atoms with van der Waals surface area (Å²) in [6.07, 6.45) is 9.59. The monoisotopic (exact) mass is 150 g/mol. The van der Waals surface area contributed by atoms with Gasteiger partial charge in [-0.05, 0) is 13.8 Å². The van der Waals surface area contributed by atoms with Crippen LogP contribution in [-0.2, 0) is 0 Å². The molecule has 0 aromatic rings. The molecule has 60 valence electrons. The van der Waals surface area contributed by atoms with E-state index in [2.05, 4.69) is 12.5 Å². The van der Waals surface area contributed by atoms with Gasteiger partial charge >= 0.3 is 0 Å². The molecule has 0 spiro atoms. The first-order valence-electron chi connectivity index (χ1n) is 3.53. The number of allylic oxidation sites excluding steroid dienone is 1. The van der Waals surface area contributed by atoms with Crippen molar-refractivity contribution in [2.24, 2.45) is 5.41 Å². The van der Waals surface area contributed by atoms with Crippen molar-refractivity contribution in [2.45, 2.75) is 20.0 Å². The lowest BCUT2D eigenvalue weighted by Crippen LogP contribution is -2.26. The van der Waals surface area contributed by atoms with E-state index in [9.17, 15) is 5.11 Å². The molecule has 1 nitrogen and oxygen atoms in total. The zero-order valence-electron chi connectivity index (χ0n) is 7.04. The molecule has 0 aliphatic rings. The molecule has 1 heteroatoms. The van der Waals surface area contributed by atoms with Gasteiger partial charge in [-0.2, -0.15) is 0 Å². The van der Waals surface area contributed by atoms with E-state index in [0.29, 0.717) is 0 Å². The summed E-state index contributed by atoms with van der Waals surface area (Å²) in [5.41, 5.74) is -0.646. The van der Waals surface area contributed by atoms with E-state index >= 15 is 0 Å². The van der Waals surface area contributed by atoms with Gasteiger partial charge in [0.05, 0.1) is 11.5 Å². The highest BCUT2D eigenvalue weighted by molar-refractivity contribution is 5.19. The predicted octanol–water partition coefficient (Wildman–Crippen LogP) is 1.75. The van der Waals surface area contributed by atoms with Gasteiger partial charge in [0, 0.05) is 0 Å². The number of hydrogen-bond donors (Lipinski definition) is 1. The minimum atomic E-state index is -0.646. The highest BCUT2D eigenvalue weighted by Crippen LogP contribution is 2.22. The van der Waals surface area contributed by atoms with Crippen molar-refractivity contribution in [3.63, 3.8) is 0 Å². The van der Waals surface area contributed by atoms with Crippen molar-refractivity contribution in [1.82, 2.24) is 0 Å². The zero-order valence-corrected chi connectivity index (χ0v) is 7.04. The second kappa shape index (κ2) is 4.00. The number of aliphatic hydroxyl groups is 1. The fourth-order valence-corrected chi connectivity index (χ4v) is 0.647. The summed E-state index contributed by atoms with van der Waals surface area (Å²) >= 11 is 0. The number of hydrogen-bond acceptors (Lipinski definition) is 1. The summed E-state index contributed by atoms with van der Waals surface area (Å²) in [7, 11) is 0. The van der Waals surface area contributed by atoms with Crippen molar-refractivity contribution >= 4 is 0 Å².